The Balaban J connectivity index is 1.48. The number of sulfonamides is 1. The number of carbonyl (C=O) groups is 1. The van der Waals surface area contributed by atoms with Gasteiger partial charge in [0.25, 0.3) is 5.91 Å². The second-order valence-corrected chi connectivity index (χ2v) is 12.2. The molecule has 0 spiro atoms. The molecule has 2 atom stereocenters. The molecule has 8 nitrogen and oxygen atoms in total. The zero-order valence-corrected chi connectivity index (χ0v) is 22.5. The van der Waals surface area contributed by atoms with Gasteiger partial charge in [0.05, 0.1) is 45.7 Å². The molecule has 0 N–H and O–H groups in total. The van der Waals surface area contributed by atoms with Crippen LogP contribution in [0.2, 0.25) is 0 Å². The first-order valence-electron chi connectivity index (χ1n) is 12.0. The first-order chi connectivity index (χ1) is 18.4. The van der Waals surface area contributed by atoms with Gasteiger partial charge in [0.15, 0.2) is 5.13 Å². The van der Waals surface area contributed by atoms with Crippen LogP contribution in [0.5, 0.6) is 0 Å². The molecule has 2 aromatic carbocycles. The summed E-state index contributed by atoms with van der Waals surface area (Å²) < 4.78 is 79.8. The first-order valence-corrected chi connectivity index (χ1v) is 14.3. The van der Waals surface area contributed by atoms with Gasteiger partial charge >= 0.3 is 6.18 Å². The van der Waals surface area contributed by atoms with Crippen LogP contribution in [0.1, 0.15) is 35.5 Å². The number of nitrogens with zero attached hydrogens (tertiary/aromatic N) is 3. The molecule has 0 radical (unpaired) electrons. The van der Waals surface area contributed by atoms with Gasteiger partial charge in [-0.1, -0.05) is 17.4 Å². The Morgan fingerprint density at radius 1 is 1.08 bits per heavy atom. The highest BCUT2D eigenvalue weighted by molar-refractivity contribution is 7.89. The van der Waals surface area contributed by atoms with Gasteiger partial charge in [-0.2, -0.15) is 17.5 Å². The minimum Gasteiger partial charge on any atom is -0.467 e. The number of hydrogen-bond donors (Lipinski definition) is 0. The molecule has 5 rings (SSSR count). The van der Waals surface area contributed by atoms with Crippen LogP contribution in [-0.4, -0.2) is 48.9 Å². The van der Waals surface area contributed by atoms with Gasteiger partial charge in [0.1, 0.15) is 5.76 Å². The highest BCUT2D eigenvalue weighted by Crippen LogP contribution is 2.39. The minimum absolute atomic E-state index is 0.0211. The fourth-order valence-electron chi connectivity index (χ4n) is 4.47. The van der Waals surface area contributed by atoms with Crippen LogP contribution < -0.4 is 4.90 Å². The lowest BCUT2D eigenvalue weighted by Gasteiger charge is -2.34. The van der Waals surface area contributed by atoms with E-state index in [0.29, 0.717) is 5.76 Å². The van der Waals surface area contributed by atoms with Crippen molar-refractivity contribution in [2.24, 2.45) is 0 Å². The summed E-state index contributed by atoms with van der Waals surface area (Å²) >= 11 is 0.945. The summed E-state index contributed by atoms with van der Waals surface area (Å²) in [5.41, 5.74) is -1.01. The van der Waals surface area contributed by atoms with Crippen molar-refractivity contribution < 1.29 is 35.5 Å². The predicted octanol–water partition coefficient (Wildman–Crippen LogP) is 5.55. The van der Waals surface area contributed by atoms with E-state index in [-0.39, 0.29) is 57.6 Å². The van der Waals surface area contributed by atoms with E-state index >= 15 is 0 Å². The van der Waals surface area contributed by atoms with Gasteiger partial charge < -0.3 is 9.15 Å². The number of morpholine rings is 1. The molecule has 0 aliphatic carbocycles. The molecule has 0 bridgehead atoms. The van der Waals surface area contributed by atoms with E-state index in [1.54, 1.807) is 26.0 Å². The normalized spacial score (nSPS) is 18.9. The van der Waals surface area contributed by atoms with E-state index in [4.69, 9.17) is 9.15 Å². The molecule has 1 aliphatic heterocycles. The third-order valence-corrected chi connectivity index (χ3v) is 9.10. The molecule has 1 amide bonds. The van der Waals surface area contributed by atoms with Crippen LogP contribution in [0.25, 0.3) is 10.2 Å². The van der Waals surface area contributed by atoms with E-state index in [2.05, 4.69) is 4.98 Å². The zero-order chi connectivity index (χ0) is 27.9. The van der Waals surface area contributed by atoms with E-state index in [0.717, 1.165) is 17.4 Å². The number of benzene rings is 2. The SMILES string of the molecule is CC1CN(S(=O)(=O)c2ccc(C(=O)N(Cc3ccco3)c3nc4c(C(F)(F)F)cccc4s3)cc2)CC(C)O1. The zero-order valence-electron chi connectivity index (χ0n) is 20.9. The molecule has 1 aliphatic rings. The van der Waals surface area contributed by atoms with E-state index in [9.17, 15) is 26.4 Å². The monoisotopic (exact) mass is 579 g/mol. The lowest BCUT2D eigenvalue weighted by atomic mass is 10.2. The number of alkyl halides is 3. The summed E-state index contributed by atoms with van der Waals surface area (Å²) in [7, 11) is -3.82. The molecule has 2 unspecified atom stereocenters. The largest absolute Gasteiger partial charge is 0.467 e. The van der Waals surface area contributed by atoms with Crippen molar-refractivity contribution in [1.82, 2.24) is 9.29 Å². The number of furan rings is 1. The maximum atomic E-state index is 13.6. The Labute approximate surface area is 226 Å². The van der Waals surface area contributed by atoms with Crippen molar-refractivity contribution in [3.05, 3.63) is 77.7 Å². The molecular formula is C26H24F3N3O5S2. The topological polar surface area (TPSA) is 93.0 Å². The van der Waals surface area contributed by atoms with E-state index in [1.165, 1.54) is 51.9 Å². The third-order valence-electron chi connectivity index (χ3n) is 6.21. The molecule has 1 fully saturated rings. The third kappa shape index (κ3) is 5.57. The lowest BCUT2D eigenvalue weighted by Crippen LogP contribution is -2.48. The first kappa shape index (κ1) is 27.3. The van der Waals surface area contributed by atoms with Gasteiger partial charge in [-0.15, -0.1) is 0 Å². The quantitative estimate of drug-likeness (QED) is 0.297. The summed E-state index contributed by atoms with van der Waals surface area (Å²) in [5, 5.41) is 0.0519. The Bertz CT molecular complexity index is 1580. The Morgan fingerprint density at radius 3 is 2.38 bits per heavy atom. The predicted molar refractivity (Wildman–Crippen MR) is 139 cm³/mol. The lowest BCUT2D eigenvalue weighted by molar-refractivity contribution is -0.136. The summed E-state index contributed by atoms with van der Waals surface area (Å²) in [6.07, 6.45) is -3.71. The summed E-state index contributed by atoms with van der Waals surface area (Å²) in [6.45, 7) is 3.93. The number of thiazole rings is 1. The smallest absolute Gasteiger partial charge is 0.418 e. The van der Waals surface area contributed by atoms with E-state index < -0.39 is 27.7 Å². The highest BCUT2D eigenvalue weighted by Gasteiger charge is 2.35. The van der Waals surface area contributed by atoms with Gasteiger partial charge in [0.2, 0.25) is 10.0 Å². The molecule has 0 saturated carbocycles. The van der Waals surface area contributed by atoms with Gasteiger partial charge in [-0.25, -0.2) is 13.4 Å². The van der Waals surface area contributed by atoms with Gasteiger partial charge in [-0.3, -0.25) is 9.69 Å². The molecule has 1 saturated heterocycles. The average Bonchev–Trinajstić information content (AvgIpc) is 3.55. The number of aromatic nitrogens is 1. The number of carbonyl (C=O) groups excluding carboxylic acids is 1. The molecule has 3 heterocycles. The van der Waals surface area contributed by atoms with Gasteiger partial charge in [-0.05, 0) is 62.4 Å². The van der Waals surface area contributed by atoms with Crippen molar-refractivity contribution >= 4 is 42.6 Å². The summed E-state index contributed by atoms with van der Waals surface area (Å²) in [5.74, 6) is -0.176. The number of para-hydroxylation sites is 1. The molecule has 206 valence electrons. The fourth-order valence-corrected chi connectivity index (χ4v) is 7.05. The van der Waals surface area contributed by atoms with Crippen molar-refractivity contribution in [2.75, 3.05) is 18.0 Å². The number of fused-ring (bicyclic) bond motifs is 1. The molecular weight excluding hydrogens is 555 g/mol. The molecule has 13 heteroatoms. The maximum Gasteiger partial charge on any atom is 0.418 e. The Morgan fingerprint density at radius 2 is 1.77 bits per heavy atom. The molecule has 39 heavy (non-hydrogen) atoms. The summed E-state index contributed by atoms with van der Waals surface area (Å²) in [4.78, 5) is 19.1. The van der Waals surface area contributed by atoms with Crippen molar-refractivity contribution in [1.29, 1.82) is 0 Å². The van der Waals surface area contributed by atoms with Crippen molar-refractivity contribution in [3.8, 4) is 0 Å². The molecule has 4 aromatic rings. The number of halogens is 3. The van der Waals surface area contributed by atoms with Gasteiger partial charge in [0, 0.05) is 18.7 Å². The van der Waals surface area contributed by atoms with Crippen LogP contribution in [-0.2, 0) is 27.5 Å². The van der Waals surface area contributed by atoms with E-state index in [1.807, 2.05) is 0 Å². The number of ether oxygens (including phenoxy) is 1. The highest BCUT2D eigenvalue weighted by atomic mass is 32.2. The standard InChI is InChI=1S/C26H24F3N3O5S2/c1-16-13-31(14-17(2)37-16)39(34,35)20-10-8-18(9-11-20)24(33)32(15-19-5-4-12-36-19)25-30-23-21(26(27,28)29)6-3-7-22(23)38-25/h3-12,16-17H,13-15H2,1-2H3. The Kier molecular flexibility index (Phi) is 7.27. The number of hydrogen-bond acceptors (Lipinski definition) is 7. The van der Waals surface area contributed by atoms with Crippen LogP contribution in [0, 0.1) is 0 Å². The van der Waals surface area contributed by atoms with Crippen LogP contribution in [0.15, 0.2) is 70.2 Å². The summed E-state index contributed by atoms with van der Waals surface area (Å²) in [6, 6.07) is 12.5. The second-order valence-electron chi connectivity index (χ2n) is 9.22. The Hall–Kier alpha value is -3.26. The average molecular weight is 580 g/mol. The van der Waals surface area contributed by atoms with Crippen molar-refractivity contribution in [2.45, 2.75) is 43.7 Å². The number of anilines is 1. The maximum absolute atomic E-state index is 13.6. The number of rotatable bonds is 6. The minimum atomic E-state index is -4.61. The molecule has 2 aromatic heterocycles. The number of amides is 1. The van der Waals surface area contributed by atoms with Crippen LogP contribution in [0.4, 0.5) is 18.3 Å². The van der Waals surface area contributed by atoms with Crippen molar-refractivity contribution in [3.63, 3.8) is 0 Å². The fraction of sp³-hybridized carbons (Fsp3) is 0.308. The second kappa shape index (κ2) is 10.4. The van der Waals surface area contributed by atoms with Crippen LogP contribution >= 0.6 is 11.3 Å². The van der Waals surface area contributed by atoms with Crippen LogP contribution in [0.3, 0.4) is 0 Å².